The SMILES string of the molecule is NCCC#Cc1ccc(NN)nc1. The average molecular weight is 176 g/mol. The highest BCUT2D eigenvalue weighted by atomic mass is 15.2. The van der Waals surface area contributed by atoms with E-state index in [-0.39, 0.29) is 0 Å². The number of hydrogen-bond donors (Lipinski definition) is 3. The van der Waals surface area contributed by atoms with Gasteiger partial charge in [-0.2, -0.15) is 0 Å². The molecule has 1 aromatic rings. The van der Waals surface area contributed by atoms with Gasteiger partial charge >= 0.3 is 0 Å². The summed E-state index contributed by atoms with van der Waals surface area (Å²) in [7, 11) is 0. The predicted molar refractivity (Wildman–Crippen MR) is 52.6 cm³/mol. The smallest absolute Gasteiger partial charge is 0.139 e. The number of aromatic nitrogens is 1. The van der Waals surface area contributed by atoms with Crippen LogP contribution in [0.4, 0.5) is 5.82 Å². The average Bonchev–Trinajstić information content (AvgIpc) is 2.19. The second-order valence-corrected chi connectivity index (χ2v) is 2.42. The third-order valence-electron chi connectivity index (χ3n) is 1.41. The Hall–Kier alpha value is -1.57. The van der Waals surface area contributed by atoms with E-state index in [2.05, 4.69) is 22.3 Å². The summed E-state index contributed by atoms with van der Waals surface area (Å²) in [5.74, 6) is 11.6. The monoisotopic (exact) mass is 176 g/mol. The minimum atomic E-state index is 0.586. The Morgan fingerprint density at radius 1 is 1.46 bits per heavy atom. The lowest BCUT2D eigenvalue weighted by Gasteiger charge is -1.96. The molecule has 0 aliphatic rings. The molecule has 0 amide bonds. The van der Waals surface area contributed by atoms with Gasteiger partial charge < -0.3 is 11.2 Å². The van der Waals surface area contributed by atoms with Crippen molar-refractivity contribution in [2.24, 2.45) is 11.6 Å². The maximum absolute atomic E-state index is 5.29. The van der Waals surface area contributed by atoms with Crippen molar-refractivity contribution in [1.82, 2.24) is 4.98 Å². The lowest BCUT2D eigenvalue weighted by atomic mass is 10.3. The molecule has 0 aliphatic carbocycles. The highest BCUT2D eigenvalue weighted by Gasteiger charge is 1.89. The molecule has 5 N–H and O–H groups in total. The highest BCUT2D eigenvalue weighted by Crippen LogP contribution is 2.01. The van der Waals surface area contributed by atoms with Crippen LogP contribution in [0, 0.1) is 11.8 Å². The fraction of sp³-hybridized carbons (Fsp3) is 0.222. The molecule has 0 aromatic carbocycles. The summed E-state index contributed by atoms with van der Waals surface area (Å²) >= 11 is 0. The van der Waals surface area contributed by atoms with Crippen LogP contribution in [0.3, 0.4) is 0 Å². The lowest BCUT2D eigenvalue weighted by molar-refractivity contribution is 1.03. The summed E-state index contributed by atoms with van der Waals surface area (Å²) in [6.07, 6.45) is 2.37. The molecule has 0 radical (unpaired) electrons. The molecule has 0 unspecified atom stereocenters. The minimum Gasteiger partial charge on any atom is -0.330 e. The normalized spacial score (nSPS) is 8.77. The zero-order valence-electron chi connectivity index (χ0n) is 7.25. The van der Waals surface area contributed by atoms with E-state index in [1.165, 1.54) is 0 Å². The van der Waals surface area contributed by atoms with Gasteiger partial charge in [-0.25, -0.2) is 10.8 Å². The molecule has 0 saturated carbocycles. The molecule has 1 aromatic heterocycles. The number of pyridine rings is 1. The Labute approximate surface area is 77.3 Å². The number of nitrogens with zero attached hydrogens (tertiary/aromatic N) is 1. The molecular formula is C9H12N4. The first-order chi connectivity index (χ1) is 6.36. The fourth-order valence-corrected chi connectivity index (χ4v) is 0.790. The standard InChI is InChI=1S/C9H12N4/c10-6-2-1-3-8-4-5-9(13-11)12-7-8/h4-5,7H,2,6,10-11H2,(H,12,13). The Kier molecular flexibility index (Phi) is 3.76. The van der Waals surface area contributed by atoms with Gasteiger partial charge in [0.05, 0.1) is 0 Å². The van der Waals surface area contributed by atoms with E-state index in [1.807, 2.05) is 6.07 Å². The number of hydrazine groups is 1. The molecule has 1 rings (SSSR count). The molecule has 4 nitrogen and oxygen atoms in total. The van der Waals surface area contributed by atoms with E-state index < -0.39 is 0 Å². The van der Waals surface area contributed by atoms with E-state index in [0.717, 1.165) is 5.56 Å². The van der Waals surface area contributed by atoms with Crippen LogP contribution in [-0.2, 0) is 0 Å². The van der Waals surface area contributed by atoms with Gasteiger partial charge in [-0.1, -0.05) is 11.8 Å². The molecule has 0 saturated heterocycles. The Morgan fingerprint density at radius 2 is 2.31 bits per heavy atom. The second kappa shape index (κ2) is 5.14. The molecule has 0 fully saturated rings. The number of nitrogen functional groups attached to an aromatic ring is 1. The van der Waals surface area contributed by atoms with E-state index in [4.69, 9.17) is 11.6 Å². The van der Waals surface area contributed by atoms with Gasteiger partial charge in [-0.05, 0) is 12.1 Å². The van der Waals surface area contributed by atoms with Crippen molar-refractivity contribution in [3.05, 3.63) is 23.9 Å². The van der Waals surface area contributed by atoms with Gasteiger partial charge in [-0.3, -0.25) is 0 Å². The third kappa shape index (κ3) is 3.11. The molecule has 0 aliphatic heterocycles. The Balaban J connectivity index is 2.65. The molecule has 0 bridgehead atoms. The van der Waals surface area contributed by atoms with Gasteiger partial charge in [0.25, 0.3) is 0 Å². The lowest BCUT2D eigenvalue weighted by Crippen LogP contribution is -2.07. The minimum absolute atomic E-state index is 0.586. The molecule has 4 heteroatoms. The number of anilines is 1. The summed E-state index contributed by atoms with van der Waals surface area (Å²) in [4.78, 5) is 4.01. The van der Waals surface area contributed by atoms with Crippen molar-refractivity contribution in [3.8, 4) is 11.8 Å². The van der Waals surface area contributed by atoms with Gasteiger partial charge in [0, 0.05) is 24.7 Å². The van der Waals surface area contributed by atoms with Crippen LogP contribution in [0.25, 0.3) is 0 Å². The van der Waals surface area contributed by atoms with Crippen molar-refractivity contribution in [2.45, 2.75) is 6.42 Å². The van der Waals surface area contributed by atoms with Crippen LogP contribution in [0.15, 0.2) is 18.3 Å². The summed E-state index contributed by atoms with van der Waals surface area (Å²) in [5, 5.41) is 0. The first-order valence-electron chi connectivity index (χ1n) is 3.98. The van der Waals surface area contributed by atoms with Crippen molar-refractivity contribution in [1.29, 1.82) is 0 Å². The highest BCUT2D eigenvalue weighted by molar-refractivity contribution is 5.39. The maximum Gasteiger partial charge on any atom is 0.139 e. The maximum atomic E-state index is 5.29. The second-order valence-electron chi connectivity index (χ2n) is 2.42. The first-order valence-corrected chi connectivity index (χ1v) is 3.98. The Bertz CT molecular complexity index is 307. The molecule has 68 valence electrons. The Morgan fingerprint density at radius 3 is 2.85 bits per heavy atom. The van der Waals surface area contributed by atoms with Crippen LogP contribution < -0.4 is 17.0 Å². The van der Waals surface area contributed by atoms with Crippen molar-refractivity contribution < 1.29 is 0 Å². The van der Waals surface area contributed by atoms with Gasteiger partial charge in [-0.15, -0.1) is 0 Å². The number of nitrogens with two attached hydrogens (primary N) is 2. The number of rotatable bonds is 2. The van der Waals surface area contributed by atoms with E-state index in [0.29, 0.717) is 18.8 Å². The number of hydrogen-bond acceptors (Lipinski definition) is 4. The van der Waals surface area contributed by atoms with E-state index in [9.17, 15) is 0 Å². The quantitative estimate of drug-likeness (QED) is 0.338. The van der Waals surface area contributed by atoms with Crippen molar-refractivity contribution in [2.75, 3.05) is 12.0 Å². The van der Waals surface area contributed by atoms with Crippen molar-refractivity contribution >= 4 is 5.82 Å². The molecule has 0 atom stereocenters. The van der Waals surface area contributed by atoms with Crippen LogP contribution in [0.1, 0.15) is 12.0 Å². The topological polar surface area (TPSA) is 77.0 Å². The summed E-state index contributed by atoms with van der Waals surface area (Å²) in [6.45, 7) is 0.586. The summed E-state index contributed by atoms with van der Waals surface area (Å²) in [5.41, 5.74) is 8.60. The van der Waals surface area contributed by atoms with Gasteiger partial charge in [0.1, 0.15) is 5.82 Å². The van der Waals surface area contributed by atoms with Crippen LogP contribution in [-0.4, -0.2) is 11.5 Å². The van der Waals surface area contributed by atoms with Gasteiger partial charge in [0.15, 0.2) is 0 Å². The molecule has 1 heterocycles. The number of nitrogens with one attached hydrogen (secondary N) is 1. The van der Waals surface area contributed by atoms with Crippen LogP contribution in [0.2, 0.25) is 0 Å². The zero-order valence-corrected chi connectivity index (χ0v) is 7.25. The van der Waals surface area contributed by atoms with E-state index >= 15 is 0 Å². The largest absolute Gasteiger partial charge is 0.330 e. The third-order valence-corrected chi connectivity index (χ3v) is 1.41. The summed E-state index contributed by atoms with van der Waals surface area (Å²) < 4.78 is 0. The van der Waals surface area contributed by atoms with E-state index in [1.54, 1.807) is 12.3 Å². The van der Waals surface area contributed by atoms with Crippen molar-refractivity contribution in [3.63, 3.8) is 0 Å². The molecule has 0 spiro atoms. The molecule has 13 heavy (non-hydrogen) atoms. The van der Waals surface area contributed by atoms with Gasteiger partial charge in [0.2, 0.25) is 0 Å². The zero-order chi connectivity index (χ0) is 9.52. The summed E-state index contributed by atoms with van der Waals surface area (Å²) in [6, 6.07) is 3.62. The first kappa shape index (κ1) is 9.52. The molecular weight excluding hydrogens is 164 g/mol. The predicted octanol–water partition coefficient (Wildman–Crippen LogP) is 0.0675. The van der Waals surface area contributed by atoms with Crippen LogP contribution >= 0.6 is 0 Å². The van der Waals surface area contributed by atoms with Crippen LogP contribution in [0.5, 0.6) is 0 Å². The fourth-order valence-electron chi connectivity index (χ4n) is 0.790.